The van der Waals surface area contributed by atoms with E-state index < -0.39 is 11.7 Å². The van der Waals surface area contributed by atoms with Crippen molar-refractivity contribution >= 4 is 11.7 Å². The molecule has 3 aromatic rings. The number of rotatable bonds is 5. The van der Waals surface area contributed by atoms with Gasteiger partial charge in [-0.3, -0.25) is 9.59 Å². The zero-order valence-corrected chi connectivity index (χ0v) is 14.8. The molecule has 0 aliphatic heterocycles. The standard InChI is InChI=1S/C19H17FN4O3/c1-24-18(25)8-6-15(23-24)19(26)22-17-7-4-13(11-21-17)9-12-3-5-14(20)16(10-12)27-2/h3-8,10-11H,9H2,1-2H3,(H,21,22,26). The van der Waals surface area contributed by atoms with Gasteiger partial charge in [0.15, 0.2) is 11.6 Å². The molecule has 2 heterocycles. The summed E-state index contributed by atoms with van der Waals surface area (Å²) in [5.41, 5.74) is 1.58. The Hall–Kier alpha value is -3.55. The summed E-state index contributed by atoms with van der Waals surface area (Å²) in [7, 11) is 2.89. The van der Waals surface area contributed by atoms with E-state index in [4.69, 9.17) is 4.74 Å². The normalized spacial score (nSPS) is 10.5. The first-order valence-corrected chi connectivity index (χ1v) is 8.09. The molecule has 0 atom stereocenters. The summed E-state index contributed by atoms with van der Waals surface area (Å²) in [4.78, 5) is 27.7. The second-order valence-corrected chi connectivity index (χ2v) is 5.83. The van der Waals surface area contributed by atoms with Crippen LogP contribution in [0.2, 0.25) is 0 Å². The van der Waals surface area contributed by atoms with Crippen LogP contribution < -0.4 is 15.6 Å². The first-order valence-electron chi connectivity index (χ1n) is 8.09. The lowest BCUT2D eigenvalue weighted by Crippen LogP contribution is -2.23. The van der Waals surface area contributed by atoms with Gasteiger partial charge in [-0.05, 0) is 41.8 Å². The van der Waals surface area contributed by atoms with Gasteiger partial charge in [-0.15, -0.1) is 0 Å². The molecule has 27 heavy (non-hydrogen) atoms. The van der Waals surface area contributed by atoms with Gasteiger partial charge in [0.25, 0.3) is 11.5 Å². The van der Waals surface area contributed by atoms with Crippen molar-refractivity contribution in [1.82, 2.24) is 14.8 Å². The molecule has 138 valence electrons. The Kier molecular flexibility index (Phi) is 5.25. The number of halogens is 1. The molecule has 7 nitrogen and oxygen atoms in total. The molecule has 0 bridgehead atoms. The minimum absolute atomic E-state index is 0.112. The van der Waals surface area contributed by atoms with E-state index in [9.17, 15) is 14.0 Å². The molecule has 2 aromatic heterocycles. The van der Waals surface area contributed by atoms with Crippen LogP contribution >= 0.6 is 0 Å². The molecule has 0 fully saturated rings. The highest BCUT2D eigenvalue weighted by Gasteiger charge is 2.10. The summed E-state index contributed by atoms with van der Waals surface area (Å²) in [6, 6.07) is 10.8. The predicted octanol–water partition coefficient (Wildman–Crippen LogP) is 2.17. The van der Waals surface area contributed by atoms with E-state index in [-0.39, 0.29) is 17.0 Å². The largest absolute Gasteiger partial charge is 0.494 e. The molecule has 0 radical (unpaired) electrons. The lowest BCUT2D eigenvalue weighted by molar-refractivity contribution is 0.101. The number of ether oxygens (including phenoxy) is 1. The average Bonchev–Trinajstić information content (AvgIpc) is 2.67. The molecule has 1 amide bonds. The lowest BCUT2D eigenvalue weighted by atomic mass is 10.1. The van der Waals surface area contributed by atoms with Gasteiger partial charge < -0.3 is 10.1 Å². The van der Waals surface area contributed by atoms with Gasteiger partial charge in [-0.2, -0.15) is 5.10 Å². The van der Waals surface area contributed by atoms with Crippen molar-refractivity contribution in [2.45, 2.75) is 6.42 Å². The van der Waals surface area contributed by atoms with Gasteiger partial charge >= 0.3 is 0 Å². The Morgan fingerprint density at radius 3 is 2.63 bits per heavy atom. The Labute approximate surface area is 154 Å². The van der Waals surface area contributed by atoms with E-state index >= 15 is 0 Å². The Morgan fingerprint density at radius 1 is 1.19 bits per heavy atom. The molecular weight excluding hydrogens is 351 g/mol. The number of methoxy groups -OCH3 is 1. The summed E-state index contributed by atoms with van der Waals surface area (Å²) >= 11 is 0. The first kappa shape index (κ1) is 18.2. The predicted molar refractivity (Wildman–Crippen MR) is 97.4 cm³/mol. The van der Waals surface area contributed by atoms with Crippen LogP contribution in [0.3, 0.4) is 0 Å². The maximum Gasteiger partial charge on any atom is 0.277 e. The van der Waals surface area contributed by atoms with E-state index in [1.54, 1.807) is 24.4 Å². The van der Waals surface area contributed by atoms with Crippen LogP contribution in [0.15, 0.2) is 53.5 Å². The number of carbonyl (C=O) groups is 1. The molecule has 0 saturated heterocycles. The molecule has 0 aliphatic carbocycles. The van der Waals surface area contributed by atoms with Crippen LogP contribution in [0.1, 0.15) is 21.6 Å². The lowest BCUT2D eigenvalue weighted by Gasteiger charge is -2.07. The second-order valence-electron chi connectivity index (χ2n) is 5.83. The third-order valence-electron chi connectivity index (χ3n) is 3.88. The number of aromatic nitrogens is 3. The molecule has 0 spiro atoms. The van der Waals surface area contributed by atoms with Crippen molar-refractivity contribution in [3.05, 3.63) is 81.7 Å². The van der Waals surface area contributed by atoms with E-state index in [0.717, 1.165) is 15.8 Å². The highest BCUT2D eigenvalue weighted by molar-refractivity contribution is 6.02. The van der Waals surface area contributed by atoms with Crippen LogP contribution in [-0.4, -0.2) is 27.8 Å². The Balaban J connectivity index is 1.69. The smallest absolute Gasteiger partial charge is 0.277 e. The molecule has 8 heteroatoms. The highest BCUT2D eigenvalue weighted by atomic mass is 19.1. The summed E-state index contributed by atoms with van der Waals surface area (Å²) in [6.07, 6.45) is 2.17. The Morgan fingerprint density at radius 2 is 1.96 bits per heavy atom. The number of carbonyl (C=O) groups excluding carboxylic acids is 1. The third kappa shape index (κ3) is 4.35. The maximum absolute atomic E-state index is 13.5. The van der Waals surface area contributed by atoms with Crippen LogP contribution in [0.25, 0.3) is 0 Å². The van der Waals surface area contributed by atoms with Gasteiger partial charge in [-0.25, -0.2) is 14.1 Å². The number of hydrogen-bond donors (Lipinski definition) is 1. The number of nitrogens with one attached hydrogen (secondary N) is 1. The van der Waals surface area contributed by atoms with Gasteiger partial charge in [0.2, 0.25) is 0 Å². The van der Waals surface area contributed by atoms with Crippen molar-refractivity contribution in [3.8, 4) is 5.75 Å². The van der Waals surface area contributed by atoms with E-state index in [1.165, 1.54) is 32.4 Å². The fourth-order valence-electron chi connectivity index (χ4n) is 2.46. The number of aryl methyl sites for hydroxylation is 1. The van der Waals surface area contributed by atoms with Crippen molar-refractivity contribution < 1.29 is 13.9 Å². The molecule has 1 aromatic carbocycles. The number of anilines is 1. The number of nitrogens with zero attached hydrogens (tertiary/aromatic N) is 3. The summed E-state index contributed by atoms with van der Waals surface area (Å²) in [6.45, 7) is 0. The van der Waals surface area contributed by atoms with Gasteiger partial charge in [0, 0.05) is 19.3 Å². The van der Waals surface area contributed by atoms with Crippen molar-refractivity contribution in [3.63, 3.8) is 0 Å². The van der Waals surface area contributed by atoms with Gasteiger partial charge in [0.1, 0.15) is 11.5 Å². The van der Waals surface area contributed by atoms with Gasteiger partial charge in [-0.1, -0.05) is 12.1 Å². The maximum atomic E-state index is 13.5. The number of benzene rings is 1. The number of pyridine rings is 1. The minimum Gasteiger partial charge on any atom is -0.494 e. The zero-order chi connectivity index (χ0) is 19.4. The van der Waals surface area contributed by atoms with Crippen LogP contribution in [0.4, 0.5) is 10.2 Å². The van der Waals surface area contributed by atoms with Crippen LogP contribution in [-0.2, 0) is 13.5 Å². The summed E-state index contributed by atoms with van der Waals surface area (Å²) < 4.78 is 19.5. The van der Waals surface area contributed by atoms with Crippen LogP contribution in [0, 0.1) is 5.82 Å². The summed E-state index contributed by atoms with van der Waals surface area (Å²) in [5, 5.41) is 6.51. The minimum atomic E-state index is -0.464. The number of hydrogen-bond acceptors (Lipinski definition) is 5. The fourth-order valence-corrected chi connectivity index (χ4v) is 2.46. The van der Waals surface area contributed by atoms with Crippen molar-refractivity contribution in [2.24, 2.45) is 7.05 Å². The van der Waals surface area contributed by atoms with E-state index in [1.807, 2.05) is 6.07 Å². The Bertz CT molecular complexity index is 1030. The highest BCUT2D eigenvalue weighted by Crippen LogP contribution is 2.20. The average molecular weight is 368 g/mol. The van der Waals surface area contributed by atoms with Gasteiger partial charge in [0.05, 0.1) is 7.11 Å². The number of amides is 1. The third-order valence-corrected chi connectivity index (χ3v) is 3.88. The molecule has 0 saturated carbocycles. The SMILES string of the molecule is COc1cc(Cc2ccc(NC(=O)c3ccc(=O)n(C)n3)nc2)ccc1F. The molecular formula is C19H17FN4O3. The topological polar surface area (TPSA) is 86.1 Å². The van der Waals surface area contributed by atoms with E-state index in [2.05, 4.69) is 15.4 Å². The monoisotopic (exact) mass is 368 g/mol. The summed E-state index contributed by atoms with van der Waals surface area (Å²) in [5.74, 6) is -0.330. The quantitative estimate of drug-likeness (QED) is 0.746. The molecule has 0 unspecified atom stereocenters. The fraction of sp³-hybridized carbons (Fsp3) is 0.158. The zero-order valence-electron chi connectivity index (χ0n) is 14.8. The van der Waals surface area contributed by atoms with Crippen LogP contribution in [0.5, 0.6) is 5.75 Å². The molecule has 0 aliphatic rings. The van der Waals surface area contributed by atoms with Crippen molar-refractivity contribution in [1.29, 1.82) is 0 Å². The molecule has 1 N–H and O–H groups in total. The van der Waals surface area contributed by atoms with Crippen molar-refractivity contribution in [2.75, 3.05) is 12.4 Å². The molecule has 3 rings (SSSR count). The second kappa shape index (κ2) is 7.77. The first-order chi connectivity index (χ1) is 13.0. The van der Waals surface area contributed by atoms with E-state index in [0.29, 0.717) is 12.2 Å².